The van der Waals surface area contributed by atoms with E-state index in [0.717, 1.165) is 0 Å². The molecule has 1 amide bonds. The van der Waals surface area contributed by atoms with Crippen LogP contribution < -0.4 is 10.6 Å². The zero-order chi connectivity index (χ0) is 15.5. The summed E-state index contributed by atoms with van der Waals surface area (Å²) in [6.07, 6.45) is 2.99. The molecule has 5 nitrogen and oxygen atoms in total. The van der Waals surface area contributed by atoms with Crippen molar-refractivity contribution in [3.63, 3.8) is 0 Å². The Kier molecular flexibility index (Phi) is 4.43. The van der Waals surface area contributed by atoms with Crippen molar-refractivity contribution >= 4 is 29.0 Å². The highest BCUT2D eigenvalue weighted by molar-refractivity contribution is 6.30. The predicted octanol–water partition coefficient (Wildman–Crippen LogP) is 3.59. The van der Waals surface area contributed by atoms with Crippen LogP contribution in [0.5, 0.6) is 0 Å². The van der Waals surface area contributed by atoms with Gasteiger partial charge in [-0.1, -0.05) is 11.6 Å². The number of amides is 1. The summed E-state index contributed by atoms with van der Waals surface area (Å²) < 4.78 is 0. The number of nitrogens with zero attached hydrogens (tertiary/aromatic N) is 2. The van der Waals surface area contributed by atoms with Crippen molar-refractivity contribution in [2.24, 2.45) is 0 Å². The highest BCUT2D eigenvalue weighted by Crippen LogP contribution is 2.14. The van der Waals surface area contributed by atoms with Crippen molar-refractivity contribution in [1.82, 2.24) is 9.97 Å². The number of aromatic nitrogens is 2. The van der Waals surface area contributed by atoms with Crippen LogP contribution in [0.3, 0.4) is 0 Å². The molecule has 2 rings (SSSR count). The Hall–Kier alpha value is -2.14. The Labute approximate surface area is 128 Å². The van der Waals surface area contributed by atoms with E-state index < -0.39 is 0 Å². The van der Waals surface area contributed by atoms with E-state index in [1.807, 2.05) is 20.8 Å². The minimum atomic E-state index is -0.313. The van der Waals surface area contributed by atoms with E-state index in [1.165, 1.54) is 6.20 Å². The van der Waals surface area contributed by atoms with Gasteiger partial charge in [0.15, 0.2) is 0 Å². The average molecular weight is 305 g/mol. The van der Waals surface area contributed by atoms with E-state index >= 15 is 0 Å². The van der Waals surface area contributed by atoms with Crippen LogP contribution in [0.25, 0.3) is 0 Å². The molecule has 1 aromatic carbocycles. The molecule has 0 aliphatic heterocycles. The smallest absolute Gasteiger partial charge is 0.275 e. The normalized spacial score (nSPS) is 11.0. The van der Waals surface area contributed by atoms with Crippen LogP contribution in [-0.4, -0.2) is 21.4 Å². The molecule has 0 saturated heterocycles. The molecule has 0 bridgehead atoms. The molecule has 2 aromatic rings. The topological polar surface area (TPSA) is 66.9 Å². The summed E-state index contributed by atoms with van der Waals surface area (Å²) in [5.74, 6) is 0.317. The van der Waals surface area contributed by atoms with Crippen LogP contribution in [0.2, 0.25) is 5.02 Å². The highest BCUT2D eigenvalue weighted by atomic mass is 35.5. The summed E-state index contributed by atoms with van der Waals surface area (Å²) in [6, 6.07) is 6.87. The Morgan fingerprint density at radius 1 is 1.10 bits per heavy atom. The van der Waals surface area contributed by atoms with Crippen molar-refractivity contribution in [2.75, 3.05) is 10.6 Å². The number of benzene rings is 1. The molecule has 0 atom stereocenters. The number of rotatable bonds is 3. The van der Waals surface area contributed by atoms with Crippen LogP contribution in [0.4, 0.5) is 11.5 Å². The number of halogens is 1. The Morgan fingerprint density at radius 2 is 1.76 bits per heavy atom. The van der Waals surface area contributed by atoms with Crippen LogP contribution in [-0.2, 0) is 0 Å². The van der Waals surface area contributed by atoms with Gasteiger partial charge in [0, 0.05) is 16.2 Å². The van der Waals surface area contributed by atoms with Gasteiger partial charge >= 0.3 is 0 Å². The summed E-state index contributed by atoms with van der Waals surface area (Å²) in [6.45, 7) is 6.07. The summed E-state index contributed by atoms with van der Waals surface area (Å²) in [5, 5.41) is 6.53. The molecule has 0 spiro atoms. The monoisotopic (exact) mass is 304 g/mol. The molecular weight excluding hydrogens is 288 g/mol. The fourth-order valence-corrected chi connectivity index (χ4v) is 1.75. The summed E-state index contributed by atoms with van der Waals surface area (Å²) in [7, 11) is 0. The third kappa shape index (κ3) is 4.72. The number of anilines is 2. The van der Waals surface area contributed by atoms with Gasteiger partial charge in [-0.05, 0) is 45.0 Å². The molecular formula is C15H17ClN4O. The first kappa shape index (κ1) is 15.3. The summed E-state index contributed by atoms with van der Waals surface area (Å²) in [4.78, 5) is 20.3. The largest absolute Gasteiger partial charge is 0.364 e. The quantitative estimate of drug-likeness (QED) is 0.909. The fraction of sp³-hybridized carbons (Fsp3) is 0.267. The Bertz CT molecular complexity index is 618. The van der Waals surface area contributed by atoms with Gasteiger partial charge in [-0.15, -0.1) is 0 Å². The van der Waals surface area contributed by atoms with Crippen LogP contribution in [0, 0.1) is 0 Å². The number of hydrogen-bond donors (Lipinski definition) is 2. The van der Waals surface area contributed by atoms with Gasteiger partial charge in [-0.3, -0.25) is 4.79 Å². The molecule has 0 unspecified atom stereocenters. The van der Waals surface area contributed by atoms with E-state index in [0.29, 0.717) is 16.5 Å². The zero-order valence-electron chi connectivity index (χ0n) is 12.1. The summed E-state index contributed by atoms with van der Waals surface area (Å²) in [5.41, 5.74) is 0.800. The third-order valence-corrected chi connectivity index (χ3v) is 2.74. The number of carbonyl (C=O) groups excluding carboxylic acids is 1. The molecule has 0 fully saturated rings. The van der Waals surface area contributed by atoms with Gasteiger partial charge in [-0.25, -0.2) is 9.97 Å². The van der Waals surface area contributed by atoms with E-state index in [4.69, 9.17) is 11.6 Å². The molecule has 0 radical (unpaired) electrons. The second-order valence-corrected chi connectivity index (χ2v) is 6.06. The lowest BCUT2D eigenvalue weighted by Gasteiger charge is -2.20. The van der Waals surface area contributed by atoms with Crippen LogP contribution in [0.15, 0.2) is 36.7 Å². The first-order chi connectivity index (χ1) is 9.83. The lowest BCUT2D eigenvalue weighted by Crippen LogP contribution is -2.27. The molecule has 0 aliphatic rings. The predicted molar refractivity (Wildman–Crippen MR) is 84.8 cm³/mol. The minimum Gasteiger partial charge on any atom is -0.364 e. The Balaban J connectivity index is 2.04. The lowest BCUT2D eigenvalue weighted by molar-refractivity contribution is 0.102. The van der Waals surface area contributed by atoms with Gasteiger partial charge in [0.2, 0.25) is 0 Å². The first-order valence-electron chi connectivity index (χ1n) is 6.51. The van der Waals surface area contributed by atoms with Crippen molar-refractivity contribution in [3.8, 4) is 0 Å². The van der Waals surface area contributed by atoms with E-state index in [1.54, 1.807) is 30.5 Å². The van der Waals surface area contributed by atoms with Crippen molar-refractivity contribution in [3.05, 3.63) is 47.4 Å². The maximum absolute atomic E-state index is 12.0. The first-order valence-corrected chi connectivity index (χ1v) is 6.88. The van der Waals surface area contributed by atoms with E-state index in [9.17, 15) is 4.79 Å². The SMILES string of the molecule is CC(C)(C)Nc1cnc(C(=O)Nc2ccc(Cl)cc2)cn1. The maximum atomic E-state index is 12.0. The van der Waals surface area contributed by atoms with Crippen molar-refractivity contribution in [2.45, 2.75) is 26.3 Å². The number of carbonyl (C=O) groups is 1. The van der Waals surface area contributed by atoms with Crippen molar-refractivity contribution in [1.29, 1.82) is 0 Å². The number of hydrogen-bond acceptors (Lipinski definition) is 4. The molecule has 1 heterocycles. The average Bonchev–Trinajstić information content (AvgIpc) is 2.40. The van der Waals surface area contributed by atoms with Crippen LogP contribution in [0.1, 0.15) is 31.3 Å². The Morgan fingerprint density at radius 3 is 2.29 bits per heavy atom. The standard InChI is InChI=1S/C15H17ClN4O/c1-15(2,3)20-13-9-17-12(8-18-13)14(21)19-11-6-4-10(16)5-7-11/h4-9H,1-3H3,(H,18,20)(H,19,21). The fourth-order valence-electron chi connectivity index (χ4n) is 1.62. The highest BCUT2D eigenvalue weighted by Gasteiger charge is 2.12. The molecule has 1 aromatic heterocycles. The maximum Gasteiger partial charge on any atom is 0.275 e. The molecule has 21 heavy (non-hydrogen) atoms. The lowest BCUT2D eigenvalue weighted by atomic mass is 10.1. The second-order valence-electron chi connectivity index (χ2n) is 5.62. The van der Waals surface area contributed by atoms with E-state index in [2.05, 4.69) is 20.6 Å². The molecule has 110 valence electrons. The molecule has 2 N–H and O–H groups in total. The van der Waals surface area contributed by atoms with E-state index in [-0.39, 0.29) is 17.1 Å². The van der Waals surface area contributed by atoms with Gasteiger partial charge in [-0.2, -0.15) is 0 Å². The molecule has 6 heteroatoms. The molecule has 0 saturated carbocycles. The minimum absolute atomic E-state index is 0.109. The third-order valence-electron chi connectivity index (χ3n) is 2.49. The summed E-state index contributed by atoms with van der Waals surface area (Å²) >= 11 is 5.79. The van der Waals surface area contributed by atoms with Crippen LogP contribution >= 0.6 is 11.6 Å². The second kappa shape index (κ2) is 6.10. The van der Waals surface area contributed by atoms with Gasteiger partial charge < -0.3 is 10.6 Å². The number of nitrogens with one attached hydrogen (secondary N) is 2. The van der Waals surface area contributed by atoms with Gasteiger partial charge in [0.05, 0.1) is 12.4 Å². The molecule has 0 aliphatic carbocycles. The van der Waals surface area contributed by atoms with Gasteiger partial charge in [0.25, 0.3) is 5.91 Å². The van der Waals surface area contributed by atoms with Gasteiger partial charge in [0.1, 0.15) is 11.5 Å². The zero-order valence-corrected chi connectivity index (χ0v) is 12.9. The van der Waals surface area contributed by atoms with Crippen molar-refractivity contribution < 1.29 is 4.79 Å².